The molecule has 4 nitrogen and oxygen atoms in total. The van der Waals surface area contributed by atoms with Crippen LogP contribution in [0.3, 0.4) is 0 Å². The molecule has 1 aromatic carbocycles. The van der Waals surface area contributed by atoms with E-state index in [9.17, 15) is 4.39 Å². The molecule has 0 aliphatic heterocycles. The second-order valence-corrected chi connectivity index (χ2v) is 4.84. The Balaban J connectivity index is 1.91. The van der Waals surface area contributed by atoms with Gasteiger partial charge >= 0.3 is 0 Å². The molecular weight excluding hydrogens is 301 g/mol. The lowest BCUT2D eigenvalue weighted by Crippen LogP contribution is -2.22. The molecule has 0 aliphatic carbocycles. The Morgan fingerprint density at radius 3 is 3.06 bits per heavy atom. The van der Waals surface area contributed by atoms with Crippen molar-refractivity contribution in [3.63, 3.8) is 0 Å². The van der Waals surface area contributed by atoms with Gasteiger partial charge in [0, 0.05) is 29.0 Å². The molecule has 1 heterocycles. The first-order chi connectivity index (χ1) is 8.66. The molecule has 2 rings (SSSR count). The van der Waals surface area contributed by atoms with Gasteiger partial charge in [0.1, 0.15) is 5.82 Å². The molecule has 6 heteroatoms. The second-order valence-electron chi connectivity index (χ2n) is 3.93. The fourth-order valence-corrected chi connectivity index (χ4v) is 2.04. The van der Waals surface area contributed by atoms with E-state index in [1.54, 1.807) is 12.1 Å². The molecule has 1 aromatic heterocycles. The summed E-state index contributed by atoms with van der Waals surface area (Å²) in [6.45, 7) is 2.56. The number of benzene rings is 1. The molecule has 1 N–H and O–H groups in total. The molecule has 0 spiro atoms. The first kappa shape index (κ1) is 13.2. The number of hydrogen-bond acceptors (Lipinski definition) is 4. The van der Waals surface area contributed by atoms with Gasteiger partial charge in [0.2, 0.25) is 5.89 Å². The minimum atomic E-state index is -0.212. The van der Waals surface area contributed by atoms with Crippen LogP contribution < -0.4 is 5.32 Å². The van der Waals surface area contributed by atoms with Crippen LogP contribution in [-0.2, 0) is 6.42 Å². The zero-order chi connectivity index (χ0) is 13.0. The molecule has 0 aliphatic rings. The van der Waals surface area contributed by atoms with Gasteiger partial charge in [-0.15, -0.1) is 0 Å². The highest BCUT2D eigenvalue weighted by Crippen LogP contribution is 2.21. The first-order valence-corrected chi connectivity index (χ1v) is 6.40. The number of hydrogen-bond donors (Lipinski definition) is 1. The monoisotopic (exact) mass is 313 g/mol. The standard InChI is InChI=1S/C12H13BrFN3O/c1-8(10-6-9(13)2-3-11(10)14)15-5-4-12-16-7-17-18-12/h2-3,6-8,15H,4-5H2,1H3. The minimum Gasteiger partial charge on any atom is -0.340 e. The second kappa shape index (κ2) is 6.06. The Bertz CT molecular complexity index is 504. The van der Waals surface area contributed by atoms with Gasteiger partial charge in [0.15, 0.2) is 6.33 Å². The van der Waals surface area contributed by atoms with E-state index in [0.717, 1.165) is 4.47 Å². The van der Waals surface area contributed by atoms with Gasteiger partial charge in [-0.05, 0) is 25.1 Å². The number of nitrogens with zero attached hydrogens (tertiary/aromatic N) is 2. The lowest BCUT2D eigenvalue weighted by molar-refractivity contribution is 0.372. The maximum Gasteiger partial charge on any atom is 0.227 e. The SMILES string of the molecule is CC(NCCc1ncno1)c1cc(Br)ccc1F. The van der Waals surface area contributed by atoms with Gasteiger partial charge in [-0.25, -0.2) is 4.39 Å². The molecule has 1 atom stereocenters. The van der Waals surface area contributed by atoms with E-state index in [0.29, 0.717) is 24.4 Å². The maximum atomic E-state index is 13.6. The van der Waals surface area contributed by atoms with Crippen LogP contribution in [0.4, 0.5) is 4.39 Å². The lowest BCUT2D eigenvalue weighted by Gasteiger charge is -2.14. The Morgan fingerprint density at radius 1 is 1.50 bits per heavy atom. The lowest BCUT2D eigenvalue weighted by atomic mass is 10.1. The normalized spacial score (nSPS) is 12.6. The Labute approximate surface area is 113 Å². The topological polar surface area (TPSA) is 51.0 Å². The van der Waals surface area contributed by atoms with Gasteiger partial charge in [0.05, 0.1) is 0 Å². The molecule has 0 saturated carbocycles. The van der Waals surface area contributed by atoms with Crippen molar-refractivity contribution in [2.75, 3.05) is 6.54 Å². The molecule has 0 radical (unpaired) electrons. The zero-order valence-electron chi connectivity index (χ0n) is 9.86. The van der Waals surface area contributed by atoms with Crippen molar-refractivity contribution in [3.8, 4) is 0 Å². The van der Waals surface area contributed by atoms with Crippen molar-refractivity contribution in [1.29, 1.82) is 0 Å². The van der Waals surface area contributed by atoms with Gasteiger partial charge < -0.3 is 9.84 Å². The molecule has 0 bridgehead atoms. The van der Waals surface area contributed by atoms with Crippen molar-refractivity contribution in [1.82, 2.24) is 15.5 Å². The van der Waals surface area contributed by atoms with Crippen molar-refractivity contribution in [2.24, 2.45) is 0 Å². The smallest absolute Gasteiger partial charge is 0.227 e. The van der Waals surface area contributed by atoms with Crippen LogP contribution >= 0.6 is 15.9 Å². The molecular formula is C12H13BrFN3O. The summed E-state index contributed by atoms with van der Waals surface area (Å²) in [5.41, 5.74) is 0.634. The molecule has 0 fully saturated rings. The predicted molar refractivity (Wildman–Crippen MR) is 68.5 cm³/mol. The van der Waals surface area contributed by atoms with E-state index in [1.807, 2.05) is 6.92 Å². The summed E-state index contributed by atoms with van der Waals surface area (Å²) >= 11 is 3.34. The average Bonchev–Trinajstić information content (AvgIpc) is 2.85. The van der Waals surface area contributed by atoms with Crippen LogP contribution in [0.25, 0.3) is 0 Å². The third-order valence-corrected chi connectivity index (χ3v) is 3.11. The van der Waals surface area contributed by atoms with Crippen molar-refractivity contribution < 1.29 is 8.91 Å². The van der Waals surface area contributed by atoms with Crippen LogP contribution in [0.1, 0.15) is 24.4 Å². The number of aromatic nitrogens is 2. The van der Waals surface area contributed by atoms with E-state index in [1.165, 1.54) is 12.4 Å². The van der Waals surface area contributed by atoms with E-state index in [2.05, 4.69) is 31.4 Å². The zero-order valence-corrected chi connectivity index (χ0v) is 11.4. The van der Waals surface area contributed by atoms with E-state index in [-0.39, 0.29) is 11.9 Å². The summed E-state index contributed by atoms with van der Waals surface area (Å²) in [5.74, 6) is 0.361. The molecule has 96 valence electrons. The summed E-state index contributed by atoms with van der Waals surface area (Å²) in [4.78, 5) is 3.92. The summed E-state index contributed by atoms with van der Waals surface area (Å²) in [6.07, 6.45) is 1.99. The molecule has 18 heavy (non-hydrogen) atoms. The van der Waals surface area contributed by atoms with E-state index >= 15 is 0 Å². The van der Waals surface area contributed by atoms with Crippen molar-refractivity contribution in [3.05, 3.63) is 46.3 Å². The van der Waals surface area contributed by atoms with Gasteiger partial charge in [-0.1, -0.05) is 21.1 Å². The van der Waals surface area contributed by atoms with Crippen molar-refractivity contribution in [2.45, 2.75) is 19.4 Å². The third kappa shape index (κ3) is 3.36. The summed E-state index contributed by atoms with van der Waals surface area (Å²) in [6, 6.07) is 4.84. The van der Waals surface area contributed by atoms with Crippen LogP contribution in [0.2, 0.25) is 0 Å². The first-order valence-electron chi connectivity index (χ1n) is 5.60. The third-order valence-electron chi connectivity index (χ3n) is 2.62. The number of nitrogens with one attached hydrogen (secondary N) is 1. The van der Waals surface area contributed by atoms with Gasteiger partial charge in [-0.3, -0.25) is 0 Å². The summed E-state index contributed by atoms with van der Waals surface area (Å²) < 4.78 is 19.4. The fourth-order valence-electron chi connectivity index (χ4n) is 1.66. The molecule has 0 saturated heterocycles. The minimum absolute atomic E-state index is 0.0783. The van der Waals surface area contributed by atoms with Crippen LogP contribution in [0, 0.1) is 5.82 Å². The summed E-state index contributed by atoms with van der Waals surface area (Å²) in [5, 5.41) is 6.74. The average molecular weight is 314 g/mol. The highest BCUT2D eigenvalue weighted by atomic mass is 79.9. The Kier molecular flexibility index (Phi) is 4.43. The van der Waals surface area contributed by atoms with E-state index < -0.39 is 0 Å². The Hall–Kier alpha value is -1.27. The highest BCUT2D eigenvalue weighted by Gasteiger charge is 2.11. The fraction of sp³-hybridized carbons (Fsp3) is 0.333. The van der Waals surface area contributed by atoms with Gasteiger partial charge in [-0.2, -0.15) is 4.98 Å². The highest BCUT2D eigenvalue weighted by molar-refractivity contribution is 9.10. The quantitative estimate of drug-likeness (QED) is 0.922. The van der Waals surface area contributed by atoms with E-state index in [4.69, 9.17) is 4.52 Å². The number of halogens is 2. The van der Waals surface area contributed by atoms with Crippen LogP contribution in [0.5, 0.6) is 0 Å². The van der Waals surface area contributed by atoms with Crippen LogP contribution in [-0.4, -0.2) is 16.7 Å². The molecule has 0 amide bonds. The number of rotatable bonds is 5. The predicted octanol–water partition coefficient (Wildman–Crippen LogP) is 2.86. The maximum absolute atomic E-state index is 13.6. The summed E-state index contributed by atoms with van der Waals surface area (Å²) in [7, 11) is 0. The molecule has 2 aromatic rings. The van der Waals surface area contributed by atoms with Gasteiger partial charge in [0.25, 0.3) is 0 Å². The van der Waals surface area contributed by atoms with Crippen LogP contribution in [0.15, 0.2) is 33.5 Å². The van der Waals surface area contributed by atoms with Crippen molar-refractivity contribution >= 4 is 15.9 Å². The largest absolute Gasteiger partial charge is 0.340 e. The molecule has 1 unspecified atom stereocenters. The Morgan fingerprint density at radius 2 is 2.33 bits per heavy atom.